The third kappa shape index (κ3) is 10.4. The Kier molecular flexibility index (Phi) is 12.9. The van der Waals surface area contributed by atoms with Crippen molar-refractivity contribution in [3.63, 3.8) is 0 Å². The van der Waals surface area contributed by atoms with E-state index in [0.717, 1.165) is 18.4 Å². The molecule has 50 heavy (non-hydrogen) atoms. The standard InChI is InChI=1S/C32H36ClF2N3O4S.C2HF3O2/c33-26-12-8-24(9-13-26)23-6-10-25(11-7-23)32(34,35)30(31(39)38-19-18-27(36)20-38)37-43(40,41)29-16-14-28(15-17-29)42-21-22-4-2-1-3-5-22;3-2(4,5)1(6)7/h6-17,22,27,30,37H,1-5,18-21,36H2;(H,6,7)/t27-,30?;/m1./s1. The summed E-state index contributed by atoms with van der Waals surface area (Å²) < 4.78 is 98.7. The third-order valence-corrected chi connectivity index (χ3v) is 10.1. The van der Waals surface area contributed by atoms with Crippen molar-refractivity contribution >= 4 is 33.5 Å². The van der Waals surface area contributed by atoms with Crippen molar-refractivity contribution in [1.29, 1.82) is 0 Å². The monoisotopic (exact) mass is 745 g/mol. The van der Waals surface area contributed by atoms with E-state index in [4.69, 9.17) is 32.0 Å². The fourth-order valence-corrected chi connectivity index (χ4v) is 6.97. The van der Waals surface area contributed by atoms with Crippen LogP contribution in [-0.4, -0.2) is 68.3 Å². The summed E-state index contributed by atoms with van der Waals surface area (Å²) in [5, 5.41) is 7.67. The van der Waals surface area contributed by atoms with Crippen LogP contribution in [0.5, 0.6) is 5.75 Å². The molecular formula is C34H37ClF5N3O6S. The second-order valence-electron chi connectivity index (χ2n) is 12.2. The molecule has 1 aliphatic carbocycles. The highest BCUT2D eigenvalue weighted by atomic mass is 35.5. The molecule has 16 heteroatoms. The number of sulfonamides is 1. The maximum absolute atomic E-state index is 16.2. The van der Waals surface area contributed by atoms with Crippen molar-refractivity contribution < 1.29 is 49.8 Å². The van der Waals surface area contributed by atoms with Crippen LogP contribution in [0, 0.1) is 5.92 Å². The second-order valence-corrected chi connectivity index (χ2v) is 14.3. The first-order valence-corrected chi connectivity index (χ1v) is 17.7. The molecule has 0 radical (unpaired) electrons. The molecule has 2 aliphatic rings. The van der Waals surface area contributed by atoms with Gasteiger partial charge in [-0.3, -0.25) is 4.79 Å². The van der Waals surface area contributed by atoms with Gasteiger partial charge in [-0.2, -0.15) is 26.7 Å². The predicted octanol–water partition coefficient (Wildman–Crippen LogP) is 6.60. The fraction of sp³-hybridized carbons (Fsp3) is 0.412. The van der Waals surface area contributed by atoms with Gasteiger partial charge >= 0.3 is 12.1 Å². The molecule has 2 fully saturated rings. The van der Waals surface area contributed by atoms with Crippen LogP contribution in [-0.2, 0) is 25.5 Å². The Bertz CT molecular complexity index is 1700. The number of carboxylic acid groups (broad SMARTS) is 1. The van der Waals surface area contributed by atoms with Crippen LogP contribution < -0.4 is 15.2 Å². The molecule has 1 saturated heterocycles. The summed E-state index contributed by atoms with van der Waals surface area (Å²) in [5.74, 6) is -6.71. The molecule has 3 aromatic rings. The van der Waals surface area contributed by atoms with Gasteiger partial charge in [0, 0.05) is 29.7 Å². The lowest BCUT2D eigenvalue weighted by Gasteiger charge is -2.30. The number of rotatable bonds is 10. The van der Waals surface area contributed by atoms with Gasteiger partial charge in [0.15, 0.2) is 6.04 Å². The smallest absolute Gasteiger partial charge is 0.490 e. The van der Waals surface area contributed by atoms with Crippen molar-refractivity contribution in [1.82, 2.24) is 9.62 Å². The summed E-state index contributed by atoms with van der Waals surface area (Å²) in [5.41, 5.74) is 6.86. The summed E-state index contributed by atoms with van der Waals surface area (Å²) in [6.07, 6.45) is 1.15. The SMILES string of the molecule is N[C@@H]1CCN(C(=O)C(NS(=O)(=O)c2ccc(OCC3CCCCC3)cc2)C(F)(F)c2ccc(-c3ccc(Cl)cc3)cc2)C1.O=C(O)C(F)(F)F. The largest absolute Gasteiger partial charge is 0.493 e. The van der Waals surface area contributed by atoms with E-state index in [1.54, 1.807) is 24.3 Å². The van der Waals surface area contributed by atoms with Crippen LogP contribution >= 0.6 is 11.6 Å². The molecule has 0 spiro atoms. The highest BCUT2D eigenvalue weighted by molar-refractivity contribution is 7.89. The Morgan fingerprint density at radius 1 is 0.900 bits per heavy atom. The molecule has 272 valence electrons. The number of benzene rings is 3. The minimum atomic E-state index is -5.08. The number of amides is 1. The van der Waals surface area contributed by atoms with Gasteiger partial charge in [0.05, 0.1) is 11.5 Å². The average molecular weight is 746 g/mol. The van der Waals surface area contributed by atoms with Crippen molar-refractivity contribution in [3.05, 3.63) is 83.4 Å². The molecular weight excluding hydrogens is 709 g/mol. The fourth-order valence-electron chi connectivity index (χ4n) is 5.65. The first kappa shape index (κ1) is 39.0. The molecule has 3 aromatic carbocycles. The van der Waals surface area contributed by atoms with Gasteiger partial charge in [0.1, 0.15) is 5.75 Å². The lowest BCUT2D eigenvalue weighted by atomic mass is 9.90. The Balaban J connectivity index is 0.000000727. The van der Waals surface area contributed by atoms with Crippen molar-refractivity contribution in [2.45, 2.75) is 67.6 Å². The zero-order valence-corrected chi connectivity index (χ0v) is 28.3. The van der Waals surface area contributed by atoms with Crippen LogP contribution in [0.4, 0.5) is 22.0 Å². The zero-order chi connectivity index (χ0) is 36.7. The van der Waals surface area contributed by atoms with E-state index < -0.39 is 45.6 Å². The quantitative estimate of drug-likeness (QED) is 0.199. The number of carbonyl (C=O) groups is 2. The normalized spacial score (nSPS) is 17.8. The number of nitrogens with zero attached hydrogens (tertiary/aromatic N) is 1. The van der Waals surface area contributed by atoms with E-state index >= 15 is 8.78 Å². The van der Waals surface area contributed by atoms with Gasteiger partial charge in [0.25, 0.3) is 5.92 Å². The maximum Gasteiger partial charge on any atom is 0.490 e. The highest BCUT2D eigenvalue weighted by Crippen LogP contribution is 2.36. The van der Waals surface area contributed by atoms with Gasteiger partial charge in [-0.25, -0.2) is 13.2 Å². The Morgan fingerprint density at radius 2 is 1.44 bits per heavy atom. The van der Waals surface area contributed by atoms with Crippen molar-refractivity contribution in [3.8, 4) is 16.9 Å². The number of hydrogen-bond acceptors (Lipinski definition) is 6. The molecule has 1 aliphatic heterocycles. The highest BCUT2D eigenvalue weighted by Gasteiger charge is 2.50. The number of likely N-dealkylation sites (tertiary alicyclic amines) is 1. The molecule has 1 amide bonds. The van der Waals surface area contributed by atoms with E-state index in [-0.39, 0.29) is 24.0 Å². The van der Waals surface area contributed by atoms with Crippen molar-refractivity contribution in [2.24, 2.45) is 11.7 Å². The van der Waals surface area contributed by atoms with Crippen LogP contribution in [0.15, 0.2) is 77.7 Å². The summed E-state index contributed by atoms with van der Waals surface area (Å²) in [6.45, 7) is 0.772. The lowest BCUT2D eigenvalue weighted by molar-refractivity contribution is -0.192. The van der Waals surface area contributed by atoms with E-state index in [0.29, 0.717) is 35.3 Å². The van der Waals surface area contributed by atoms with Gasteiger partial charge in [0.2, 0.25) is 15.9 Å². The van der Waals surface area contributed by atoms with E-state index in [9.17, 15) is 26.4 Å². The number of aliphatic carboxylic acids is 1. The average Bonchev–Trinajstić information content (AvgIpc) is 3.53. The summed E-state index contributed by atoms with van der Waals surface area (Å²) in [7, 11) is -4.52. The minimum absolute atomic E-state index is 0.0652. The predicted molar refractivity (Wildman–Crippen MR) is 176 cm³/mol. The Morgan fingerprint density at radius 3 is 1.94 bits per heavy atom. The second kappa shape index (κ2) is 16.5. The summed E-state index contributed by atoms with van der Waals surface area (Å²) >= 11 is 5.95. The number of ether oxygens (including phenoxy) is 1. The number of alkyl halides is 5. The zero-order valence-electron chi connectivity index (χ0n) is 26.7. The van der Waals surface area contributed by atoms with E-state index in [1.807, 2.05) is 4.72 Å². The molecule has 1 saturated carbocycles. The first-order valence-electron chi connectivity index (χ1n) is 15.8. The number of carboxylic acids is 1. The first-order chi connectivity index (χ1) is 23.5. The maximum atomic E-state index is 16.2. The van der Waals surface area contributed by atoms with Gasteiger partial charge in [-0.15, -0.1) is 0 Å². The topological polar surface area (TPSA) is 139 Å². The van der Waals surface area contributed by atoms with Crippen LogP contribution in [0.25, 0.3) is 11.1 Å². The summed E-state index contributed by atoms with van der Waals surface area (Å²) in [4.78, 5) is 23.3. The molecule has 0 bridgehead atoms. The molecule has 4 N–H and O–H groups in total. The number of halogens is 6. The molecule has 1 heterocycles. The van der Waals surface area contributed by atoms with Crippen LogP contribution in [0.2, 0.25) is 5.02 Å². The molecule has 0 aromatic heterocycles. The van der Waals surface area contributed by atoms with E-state index in [2.05, 4.69) is 0 Å². The van der Waals surface area contributed by atoms with Gasteiger partial charge in [-0.1, -0.05) is 67.3 Å². The molecule has 2 atom stereocenters. The van der Waals surface area contributed by atoms with Crippen LogP contribution in [0.3, 0.4) is 0 Å². The van der Waals surface area contributed by atoms with Crippen LogP contribution in [0.1, 0.15) is 44.1 Å². The van der Waals surface area contributed by atoms with E-state index in [1.165, 1.54) is 72.7 Å². The van der Waals surface area contributed by atoms with Gasteiger partial charge in [-0.05, 0) is 72.7 Å². The molecule has 5 rings (SSSR count). The third-order valence-electron chi connectivity index (χ3n) is 8.45. The number of carbonyl (C=O) groups excluding carboxylic acids is 1. The number of nitrogens with one attached hydrogen (secondary N) is 1. The Labute approximate surface area is 291 Å². The number of hydrogen-bond donors (Lipinski definition) is 3. The van der Waals surface area contributed by atoms with Crippen molar-refractivity contribution in [2.75, 3.05) is 19.7 Å². The number of nitrogens with two attached hydrogens (primary N) is 1. The molecule has 9 nitrogen and oxygen atoms in total. The molecule has 1 unspecified atom stereocenters. The minimum Gasteiger partial charge on any atom is -0.493 e. The summed E-state index contributed by atoms with van der Waals surface area (Å²) in [6, 6.07) is 15.2. The van der Waals surface area contributed by atoms with Gasteiger partial charge < -0.3 is 20.5 Å². The lowest BCUT2D eigenvalue weighted by Crippen LogP contribution is -2.56. The Hall–Kier alpha value is -3.79.